The van der Waals surface area contributed by atoms with Gasteiger partial charge in [0, 0.05) is 12.8 Å². The Morgan fingerprint density at radius 1 is 1.20 bits per heavy atom. The molecule has 1 atom stereocenters. The summed E-state index contributed by atoms with van der Waals surface area (Å²) in [6.45, 7) is 2.23. The summed E-state index contributed by atoms with van der Waals surface area (Å²) in [5.41, 5.74) is 1.82. The maximum atomic E-state index is 11.6. The fourth-order valence-electron chi connectivity index (χ4n) is 2.54. The van der Waals surface area contributed by atoms with Crippen LogP contribution < -0.4 is 4.90 Å². The van der Waals surface area contributed by atoms with Crippen molar-refractivity contribution in [3.05, 3.63) is 35.4 Å². The first kappa shape index (κ1) is 8.92. The molecule has 0 bridgehead atoms. The first-order valence-electron chi connectivity index (χ1n) is 5.51. The zero-order valence-corrected chi connectivity index (χ0v) is 8.53. The molecule has 0 aliphatic carbocycles. The number of ether oxygens (including phenoxy) is 1. The summed E-state index contributed by atoms with van der Waals surface area (Å²) in [7, 11) is 0. The van der Waals surface area contributed by atoms with Crippen LogP contribution in [0.4, 0.5) is 0 Å². The van der Waals surface area contributed by atoms with Gasteiger partial charge in [0.1, 0.15) is 0 Å². The van der Waals surface area contributed by atoms with Crippen molar-refractivity contribution in [2.45, 2.75) is 19.1 Å². The van der Waals surface area contributed by atoms with E-state index in [0.29, 0.717) is 0 Å². The van der Waals surface area contributed by atoms with Crippen molar-refractivity contribution in [2.75, 3.05) is 13.1 Å². The molecule has 3 nitrogen and oxygen atoms in total. The summed E-state index contributed by atoms with van der Waals surface area (Å²) < 4.78 is 5.44. The highest BCUT2D eigenvalue weighted by atomic mass is 16.6. The van der Waals surface area contributed by atoms with Gasteiger partial charge in [-0.15, -0.1) is 0 Å². The quantitative estimate of drug-likeness (QED) is 0.677. The Labute approximate surface area is 88.6 Å². The number of rotatable bonds is 1. The first-order valence-corrected chi connectivity index (χ1v) is 5.51. The van der Waals surface area contributed by atoms with E-state index in [1.54, 1.807) is 0 Å². The molecule has 0 spiro atoms. The Bertz CT molecular complexity index is 396. The van der Waals surface area contributed by atoms with E-state index in [4.69, 9.17) is 4.74 Å². The highest BCUT2D eigenvalue weighted by Crippen LogP contribution is 2.26. The zero-order chi connectivity index (χ0) is 10.3. The lowest BCUT2D eigenvalue weighted by molar-refractivity contribution is -0.940. The van der Waals surface area contributed by atoms with Crippen LogP contribution in [0.5, 0.6) is 0 Å². The van der Waals surface area contributed by atoms with Crippen LogP contribution in [-0.4, -0.2) is 19.1 Å². The SMILES string of the molecule is O=C1O[C@H]([NH+]2CCCC2)c2ccccc21. The van der Waals surface area contributed by atoms with Crippen molar-refractivity contribution in [2.24, 2.45) is 0 Å². The molecule has 78 valence electrons. The van der Waals surface area contributed by atoms with E-state index >= 15 is 0 Å². The van der Waals surface area contributed by atoms with Gasteiger partial charge in [-0.25, -0.2) is 4.79 Å². The summed E-state index contributed by atoms with van der Waals surface area (Å²) in [6, 6.07) is 7.73. The Morgan fingerprint density at radius 2 is 1.93 bits per heavy atom. The highest BCUT2D eigenvalue weighted by molar-refractivity contribution is 5.93. The van der Waals surface area contributed by atoms with Gasteiger partial charge in [0.25, 0.3) is 6.23 Å². The molecule has 2 aliphatic heterocycles. The van der Waals surface area contributed by atoms with Crippen LogP contribution in [0.1, 0.15) is 35.0 Å². The molecule has 1 aromatic carbocycles. The van der Waals surface area contributed by atoms with E-state index in [2.05, 4.69) is 0 Å². The second kappa shape index (κ2) is 3.35. The molecule has 0 aromatic heterocycles. The summed E-state index contributed by atoms with van der Waals surface area (Å²) in [5, 5.41) is 0. The van der Waals surface area contributed by atoms with E-state index < -0.39 is 0 Å². The van der Waals surface area contributed by atoms with Crippen LogP contribution in [0.3, 0.4) is 0 Å². The van der Waals surface area contributed by atoms with Crippen molar-refractivity contribution in [3.8, 4) is 0 Å². The third kappa shape index (κ3) is 1.35. The second-order valence-electron chi connectivity index (χ2n) is 4.24. The van der Waals surface area contributed by atoms with Crippen LogP contribution >= 0.6 is 0 Å². The van der Waals surface area contributed by atoms with Gasteiger partial charge in [-0.05, 0) is 12.1 Å². The number of carbonyl (C=O) groups excluding carboxylic acids is 1. The summed E-state index contributed by atoms with van der Waals surface area (Å²) >= 11 is 0. The molecule has 2 heterocycles. The van der Waals surface area contributed by atoms with Gasteiger partial charge in [-0.2, -0.15) is 0 Å². The Morgan fingerprint density at radius 3 is 2.73 bits per heavy atom. The van der Waals surface area contributed by atoms with Gasteiger partial charge in [0.05, 0.1) is 24.2 Å². The lowest BCUT2D eigenvalue weighted by Crippen LogP contribution is -3.10. The molecule has 0 unspecified atom stereocenters. The largest absolute Gasteiger partial charge is 0.404 e. The molecule has 1 aromatic rings. The summed E-state index contributed by atoms with van der Waals surface area (Å²) in [5.74, 6) is -0.157. The molecule has 0 amide bonds. The van der Waals surface area contributed by atoms with Crippen molar-refractivity contribution >= 4 is 5.97 Å². The van der Waals surface area contributed by atoms with Crippen LogP contribution in [-0.2, 0) is 4.74 Å². The zero-order valence-electron chi connectivity index (χ0n) is 8.53. The number of fused-ring (bicyclic) bond motifs is 1. The van der Waals surface area contributed by atoms with E-state index in [1.807, 2.05) is 24.3 Å². The van der Waals surface area contributed by atoms with Gasteiger partial charge < -0.3 is 4.74 Å². The van der Waals surface area contributed by atoms with Crippen LogP contribution in [0.2, 0.25) is 0 Å². The van der Waals surface area contributed by atoms with Gasteiger partial charge in [0.15, 0.2) is 0 Å². The first-order chi connectivity index (χ1) is 7.36. The predicted octanol–water partition coefficient (Wildman–Crippen LogP) is 0.534. The topological polar surface area (TPSA) is 30.7 Å². The van der Waals surface area contributed by atoms with Gasteiger partial charge >= 0.3 is 5.97 Å². The molecule has 0 saturated carbocycles. The fourth-order valence-corrected chi connectivity index (χ4v) is 2.54. The second-order valence-corrected chi connectivity index (χ2v) is 4.24. The lowest BCUT2D eigenvalue weighted by atomic mass is 10.1. The third-order valence-electron chi connectivity index (χ3n) is 3.30. The molecule has 3 heteroatoms. The van der Waals surface area contributed by atoms with Crippen molar-refractivity contribution in [3.63, 3.8) is 0 Å². The van der Waals surface area contributed by atoms with Crippen LogP contribution in [0.25, 0.3) is 0 Å². The molecule has 0 radical (unpaired) electrons. The van der Waals surface area contributed by atoms with Gasteiger partial charge in [-0.3, -0.25) is 4.90 Å². The molecule has 1 fully saturated rings. The van der Waals surface area contributed by atoms with Gasteiger partial charge in [0.2, 0.25) is 0 Å². The van der Waals surface area contributed by atoms with Crippen LogP contribution in [0, 0.1) is 0 Å². The Kier molecular flexibility index (Phi) is 1.99. The molecule has 15 heavy (non-hydrogen) atoms. The molecule has 3 rings (SSSR count). The minimum atomic E-state index is -0.157. The molecular formula is C12H14NO2+. The van der Waals surface area contributed by atoms with Crippen molar-refractivity contribution < 1.29 is 14.4 Å². The Balaban J connectivity index is 1.97. The number of nitrogens with one attached hydrogen (secondary N) is 1. The van der Waals surface area contributed by atoms with E-state index in [1.165, 1.54) is 17.7 Å². The van der Waals surface area contributed by atoms with E-state index in [-0.39, 0.29) is 12.2 Å². The maximum absolute atomic E-state index is 11.6. The predicted molar refractivity (Wildman–Crippen MR) is 54.5 cm³/mol. The monoisotopic (exact) mass is 204 g/mol. The number of benzene rings is 1. The molecule has 1 N–H and O–H groups in total. The van der Waals surface area contributed by atoms with E-state index in [0.717, 1.165) is 24.2 Å². The average molecular weight is 204 g/mol. The smallest absolute Gasteiger partial charge is 0.343 e. The minimum absolute atomic E-state index is 0.0452. The average Bonchev–Trinajstić information content (AvgIpc) is 2.87. The number of cyclic esters (lactones) is 1. The number of hydrogen-bond acceptors (Lipinski definition) is 2. The number of quaternary nitrogens is 1. The number of hydrogen-bond donors (Lipinski definition) is 1. The van der Waals surface area contributed by atoms with E-state index in [9.17, 15) is 4.79 Å². The number of likely N-dealkylation sites (tertiary alicyclic amines) is 1. The third-order valence-corrected chi connectivity index (χ3v) is 3.30. The fraction of sp³-hybridized carbons (Fsp3) is 0.417. The molecule has 1 saturated heterocycles. The normalized spacial score (nSPS) is 25.3. The van der Waals surface area contributed by atoms with Crippen molar-refractivity contribution in [1.29, 1.82) is 0 Å². The Hall–Kier alpha value is -1.35. The standard InChI is InChI=1S/C12H13NO2/c14-12-10-6-2-1-5-9(10)11(15-12)13-7-3-4-8-13/h1-2,5-6,11H,3-4,7-8H2/p+1/t11-/m0/s1. The number of esters is 1. The van der Waals surface area contributed by atoms with Crippen molar-refractivity contribution in [1.82, 2.24) is 0 Å². The minimum Gasteiger partial charge on any atom is -0.404 e. The highest BCUT2D eigenvalue weighted by Gasteiger charge is 2.38. The lowest BCUT2D eigenvalue weighted by Gasteiger charge is -2.19. The van der Waals surface area contributed by atoms with Crippen LogP contribution in [0.15, 0.2) is 24.3 Å². The molecular weight excluding hydrogens is 190 g/mol. The number of carbonyl (C=O) groups is 1. The maximum Gasteiger partial charge on any atom is 0.343 e. The summed E-state index contributed by atoms with van der Waals surface area (Å²) in [6.07, 6.45) is 2.44. The van der Waals surface area contributed by atoms with Gasteiger partial charge in [-0.1, -0.05) is 12.1 Å². The summed E-state index contributed by atoms with van der Waals surface area (Å²) in [4.78, 5) is 13.0. The molecule has 2 aliphatic rings.